The van der Waals surface area contributed by atoms with E-state index in [4.69, 9.17) is 0 Å². The Balaban J connectivity index is 2.00. The van der Waals surface area contributed by atoms with Gasteiger partial charge in [0.25, 0.3) is 5.69 Å². The number of nitro groups is 1. The van der Waals surface area contributed by atoms with E-state index in [-0.39, 0.29) is 5.69 Å². The molecule has 0 aliphatic rings. The first-order valence-electron chi connectivity index (χ1n) is 7.22. The summed E-state index contributed by atoms with van der Waals surface area (Å²) in [5.74, 6) is -0.413. The molecule has 0 fully saturated rings. The molecule has 0 aliphatic heterocycles. The van der Waals surface area contributed by atoms with Gasteiger partial charge in [-0.3, -0.25) is 20.2 Å². The molecular formula is C15H16N4O3S2. The van der Waals surface area contributed by atoms with Crippen LogP contribution in [0.5, 0.6) is 0 Å². The first-order chi connectivity index (χ1) is 11.5. The number of hydrogen-bond acceptors (Lipinski definition) is 7. The third-order valence-electron chi connectivity index (χ3n) is 3.06. The minimum absolute atomic E-state index is 0.0512. The van der Waals surface area contributed by atoms with E-state index in [0.717, 1.165) is 10.8 Å². The predicted octanol–water partition coefficient (Wildman–Crippen LogP) is 3.99. The number of para-hydroxylation sites is 1. The SMILES string of the molecule is CCC(C)Sc1nnc(NC(=O)/C=C/c2ccccc2[N+](=O)[O-])s1. The van der Waals surface area contributed by atoms with Crippen LogP contribution in [0.2, 0.25) is 0 Å². The van der Waals surface area contributed by atoms with E-state index in [2.05, 4.69) is 29.4 Å². The van der Waals surface area contributed by atoms with Gasteiger partial charge >= 0.3 is 0 Å². The highest BCUT2D eigenvalue weighted by Gasteiger charge is 2.11. The van der Waals surface area contributed by atoms with E-state index in [9.17, 15) is 14.9 Å². The smallest absolute Gasteiger partial charge is 0.276 e. The van der Waals surface area contributed by atoms with Crippen molar-refractivity contribution in [3.05, 3.63) is 46.0 Å². The first kappa shape index (κ1) is 18.1. The zero-order valence-electron chi connectivity index (χ0n) is 13.1. The molecule has 0 saturated carbocycles. The zero-order valence-corrected chi connectivity index (χ0v) is 14.8. The lowest BCUT2D eigenvalue weighted by molar-refractivity contribution is -0.385. The molecule has 1 amide bonds. The van der Waals surface area contributed by atoms with Crippen molar-refractivity contribution in [3.8, 4) is 0 Å². The van der Waals surface area contributed by atoms with Crippen LogP contribution < -0.4 is 5.32 Å². The van der Waals surface area contributed by atoms with Gasteiger partial charge in [-0.1, -0.05) is 49.1 Å². The second-order valence-electron chi connectivity index (χ2n) is 4.85. The van der Waals surface area contributed by atoms with Crippen molar-refractivity contribution in [1.82, 2.24) is 10.2 Å². The van der Waals surface area contributed by atoms with Gasteiger partial charge in [-0.15, -0.1) is 10.2 Å². The minimum atomic E-state index is -0.485. The number of hydrogen-bond donors (Lipinski definition) is 1. The van der Waals surface area contributed by atoms with Crippen LogP contribution in [-0.2, 0) is 4.79 Å². The molecule has 2 aromatic rings. The molecule has 9 heteroatoms. The van der Waals surface area contributed by atoms with Gasteiger partial charge in [-0.05, 0) is 18.6 Å². The number of rotatable bonds is 7. The molecule has 0 saturated heterocycles. The summed E-state index contributed by atoms with van der Waals surface area (Å²) in [6, 6.07) is 6.22. The fourth-order valence-electron chi connectivity index (χ4n) is 1.67. The molecule has 1 aromatic carbocycles. The normalized spacial score (nSPS) is 12.2. The van der Waals surface area contributed by atoms with Gasteiger partial charge < -0.3 is 0 Å². The van der Waals surface area contributed by atoms with Crippen molar-refractivity contribution in [2.24, 2.45) is 0 Å². The molecule has 0 radical (unpaired) electrons. The van der Waals surface area contributed by atoms with Crippen LogP contribution >= 0.6 is 23.1 Å². The van der Waals surface area contributed by atoms with Crippen LogP contribution in [0.15, 0.2) is 34.7 Å². The van der Waals surface area contributed by atoms with Crippen LogP contribution in [0.25, 0.3) is 6.08 Å². The zero-order chi connectivity index (χ0) is 17.5. The van der Waals surface area contributed by atoms with Crippen LogP contribution in [0.4, 0.5) is 10.8 Å². The molecule has 1 unspecified atom stereocenters. The summed E-state index contributed by atoms with van der Waals surface area (Å²) in [6.07, 6.45) is 3.67. The third kappa shape index (κ3) is 5.14. The molecule has 1 atom stereocenters. The lowest BCUT2D eigenvalue weighted by atomic mass is 10.1. The summed E-state index contributed by atoms with van der Waals surface area (Å²) >= 11 is 2.91. The van der Waals surface area contributed by atoms with E-state index in [0.29, 0.717) is 15.9 Å². The Kier molecular flexibility index (Phi) is 6.44. The summed E-state index contributed by atoms with van der Waals surface area (Å²) in [4.78, 5) is 22.4. The van der Waals surface area contributed by atoms with E-state index in [1.807, 2.05) is 0 Å². The van der Waals surface area contributed by atoms with Gasteiger partial charge in [0.05, 0.1) is 10.5 Å². The average molecular weight is 364 g/mol. The third-order valence-corrected chi connectivity index (χ3v) is 5.25. The molecule has 24 heavy (non-hydrogen) atoms. The van der Waals surface area contributed by atoms with Crippen molar-refractivity contribution in [1.29, 1.82) is 0 Å². The Morgan fingerprint density at radius 1 is 1.46 bits per heavy atom. The number of benzene rings is 1. The lowest BCUT2D eigenvalue weighted by Crippen LogP contribution is -2.07. The second kappa shape index (κ2) is 8.55. The molecule has 0 aliphatic carbocycles. The Morgan fingerprint density at radius 3 is 2.92 bits per heavy atom. The maximum absolute atomic E-state index is 11.9. The highest BCUT2D eigenvalue weighted by Crippen LogP contribution is 2.29. The maximum atomic E-state index is 11.9. The lowest BCUT2D eigenvalue weighted by Gasteiger charge is -2.02. The number of carbonyl (C=O) groups is 1. The topological polar surface area (TPSA) is 98.0 Å². The van der Waals surface area contributed by atoms with Crippen LogP contribution in [0.1, 0.15) is 25.8 Å². The highest BCUT2D eigenvalue weighted by atomic mass is 32.2. The molecule has 126 valence electrons. The monoisotopic (exact) mass is 364 g/mol. The fraction of sp³-hybridized carbons (Fsp3) is 0.267. The summed E-state index contributed by atoms with van der Waals surface area (Å²) in [5, 5.41) is 22.3. The van der Waals surface area contributed by atoms with Gasteiger partial charge in [-0.2, -0.15) is 0 Å². The predicted molar refractivity (Wildman–Crippen MR) is 96.3 cm³/mol. The highest BCUT2D eigenvalue weighted by molar-refractivity contribution is 8.01. The molecule has 1 aromatic heterocycles. The number of nitro benzene ring substituents is 1. The number of aromatic nitrogens is 2. The maximum Gasteiger partial charge on any atom is 0.276 e. The van der Waals surface area contributed by atoms with E-state index in [1.165, 1.54) is 29.6 Å². The number of nitrogens with one attached hydrogen (secondary N) is 1. The minimum Gasteiger partial charge on any atom is -0.297 e. The molecule has 0 spiro atoms. The second-order valence-corrected chi connectivity index (χ2v) is 7.51. The van der Waals surface area contributed by atoms with Crippen LogP contribution in [0, 0.1) is 10.1 Å². The summed E-state index contributed by atoms with van der Waals surface area (Å²) in [7, 11) is 0. The fourth-order valence-corrected chi connectivity index (χ4v) is 3.67. The molecule has 7 nitrogen and oxygen atoms in total. The number of anilines is 1. The van der Waals surface area contributed by atoms with Gasteiger partial charge in [0.2, 0.25) is 11.0 Å². The van der Waals surface area contributed by atoms with Crippen LogP contribution in [-0.4, -0.2) is 26.3 Å². The summed E-state index contributed by atoms with van der Waals surface area (Å²) in [6.45, 7) is 4.19. The average Bonchev–Trinajstić information content (AvgIpc) is 2.99. The van der Waals surface area contributed by atoms with Gasteiger partial charge in [-0.25, -0.2) is 0 Å². The van der Waals surface area contributed by atoms with Gasteiger partial charge in [0, 0.05) is 17.4 Å². The molecule has 1 heterocycles. The number of thioether (sulfide) groups is 1. The van der Waals surface area contributed by atoms with Crippen molar-refractivity contribution in [2.45, 2.75) is 29.9 Å². The van der Waals surface area contributed by atoms with Crippen molar-refractivity contribution >= 4 is 45.9 Å². The largest absolute Gasteiger partial charge is 0.297 e. The molecule has 0 bridgehead atoms. The van der Waals surface area contributed by atoms with Gasteiger partial charge in [0.15, 0.2) is 4.34 Å². The Labute approximate surface area is 147 Å². The number of amides is 1. The molecular weight excluding hydrogens is 348 g/mol. The van der Waals surface area contributed by atoms with E-state index < -0.39 is 10.8 Å². The first-order valence-corrected chi connectivity index (χ1v) is 8.92. The van der Waals surface area contributed by atoms with Crippen molar-refractivity contribution in [3.63, 3.8) is 0 Å². The number of carbonyl (C=O) groups excluding carboxylic acids is 1. The Bertz CT molecular complexity index is 761. The van der Waals surface area contributed by atoms with Crippen molar-refractivity contribution in [2.75, 3.05) is 5.32 Å². The molecule has 2 rings (SSSR count). The Hall–Kier alpha value is -2.26. The summed E-state index contributed by atoms with van der Waals surface area (Å²) < 4.78 is 0.794. The van der Waals surface area contributed by atoms with E-state index in [1.54, 1.807) is 30.0 Å². The van der Waals surface area contributed by atoms with Gasteiger partial charge in [0.1, 0.15) is 0 Å². The Morgan fingerprint density at radius 2 is 2.21 bits per heavy atom. The summed E-state index contributed by atoms with van der Waals surface area (Å²) in [5.41, 5.74) is 0.313. The van der Waals surface area contributed by atoms with E-state index >= 15 is 0 Å². The standard InChI is InChI=1S/C15H16N4O3S2/c1-3-10(2)23-15-18-17-14(24-15)16-13(20)9-8-11-6-4-5-7-12(11)19(21)22/h4-10H,3H2,1-2H3,(H,16,17,20)/b9-8+. The number of nitrogens with zero attached hydrogens (tertiary/aromatic N) is 3. The van der Waals surface area contributed by atoms with Crippen molar-refractivity contribution < 1.29 is 9.72 Å². The molecule has 1 N–H and O–H groups in total. The van der Waals surface area contributed by atoms with Crippen LogP contribution in [0.3, 0.4) is 0 Å². The quantitative estimate of drug-likeness (QED) is 0.262.